The summed E-state index contributed by atoms with van der Waals surface area (Å²) in [6, 6.07) is 3.80. The fourth-order valence-corrected chi connectivity index (χ4v) is 6.75. The predicted octanol–water partition coefficient (Wildman–Crippen LogP) is 5.54. The van der Waals surface area contributed by atoms with Crippen molar-refractivity contribution in [2.75, 3.05) is 25.6 Å². The number of esters is 1. The van der Waals surface area contributed by atoms with Crippen LogP contribution in [0.5, 0.6) is 11.6 Å². The maximum Gasteiger partial charge on any atom is 0.459 e. The summed E-state index contributed by atoms with van der Waals surface area (Å²) in [6.45, 7) is 9.28. The van der Waals surface area contributed by atoms with Crippen LogP contribution < -0.4 is 20.1 Å². The number of imidazole rings is 1. The van der Waals surface area contributed by atoms with Crippen LogP contribution in [-0.4, -0.2) is 69.1 Å². The normalized spacial score (nSPS) is 24.5. The van der Waals surface area contributed by atoms with Gasteiger partial charge >= 0.3 is 13.7 Å². The number of ether oxygens (including phenoxy) is 3. The lowest BCUT2D eigenvalue weighted by atomic mass is 9.99. The molecule has 0 amide bonds. The molecule has 0 aliphatic carbocycles. The zero-order chi connectivity index (χ0) is 34.2. The van der Waals surface area contributed by atoms with Crippen molar-refractivity contribution < 1.29 is 41.4 Å². The van der Waals surface area contributed by atoms with Gasteiger partial charge in [0.05, 0.1) is 25.2 Å². The SMILES string of the molecule is CCOc1nc(N)nc2c1ncn2C1OC(F)(COP(=O)(NC(C)C(=O)OCC(C)(C)C)Oc2cccc3c2CCC=N3)CC1(C)F. The van der Waals surface area contributed by atoms with Gasteiger partial charge in [-0.3, -0.25) is 18.9 Å². The molecular weight excluding hydrogens is 639 g/mol. The number of halogens is 2. The number of aliphatic imine (C=N–C) groups is 1. The molecule has 256 valence electrons. The molecule has 2 aromatic heterocycles. The first-order chi connectivity index (χ1) is 22.0. The van der Waals surface area contributed by atoms with E-state index in [-0.39, 0.29) is 47.4 Å². The molecule has 3 aromatic rings. The van der Waals surface area contributed by atoms with Crippen molar-refractivity contribution in [3.05, 3.63) is 30.1 Å². The zero-order valence-corrected chi connectivity index (χ0v) is 28.1. The number of hydrogen-bond donors (Lipinski definition) is 2. The Morgan fingerprint density at radius 2 is 2.06 bits per heavy atom. The molecule has 0 bridgehead atoms. The Kier molecular flexibility index (Phi) is 9.62. The van der Waals surface area contributed by atoms with Gasteiger partial charge in [-0.15, -0.1) is 0 Å². The molecule has 14 nitrogen and oxygen atoms in total. The fraction of sp³-hybridized carbons (Fsp3) is 0.567. The van der Waals surface area contributed by atoms with Gasteiger partial charge in [-0.2, -0.15) is 15.1 Å². The smallest absolute Gasteiger partial charge is 0.459 e. The molecule has 0 saturated carbocycles. The molecule has 0 spiro atoms. The third-order valence-corrected chi connectivity index (χ3v) is 8.88. The highest BCUT2D eigenvalue weighted by atomic mass is 31.2. The standard InChI is InChI=1S/C30H40F2N7O7P/c1-7-42-24-22-23(36-27(33)37-24)39(17-35-22)26-29(6,31)14-30(32,45-26)16-44-47(41,38-18(2)25(40)43-15-28(3,4)5)46-21-12-8-11-20-19(21)10-9-13-34-20/h8,11-13,17-18,26H,7,9-10,14-16H2,1-6H3,(H,38,41)(H2,33,36,37). The van der Waals surface area contributed by atoms with E-state index in [1.54, 1.807) is 31.3 Å². The Morgan fingerprint density at radius 3 is 2.79 bits per heavy atom. The van der Waals surface area contributed by atoms with E-state index in [9.17, 15) is 9.36 Å². The maximum absolute atomic E-state index is 16.4. The Hall–Kier alpha value is -3.72. The molecule has 5 rings (SSSR count). The average molecular weight is 680 g/mol. The Morgan fingerprint density at radius 1 is 1.30 bits per heavy atom. The molecule has 1 fully saturated rings. The minimum absolute atomic E-state index is 0.0646. The number of carbonyl (C=O) groups is 1. The molecule has 2 aliphatic rings. The lowest BCUT2D eigenvalue weighted by Crippen LogP contribution is -2.38. The van der Waals surface area contributed by atoms with E-state index in [4.69, 9.17) is 29.0 Å². The number of nitrogens with one attached hydrogen (secondary N) is 1. The van der Waals surface area contributed by atoms with E-state index in [2.05, 4.69) is 25.0 Å². The summed E-state index contributed by atoms with van der Waals surface area (Å²) < 4.78 is 76.0. The van der Waals surface area contributed by atoms with Gasteiger partial charge in [-0.1, -0.05) is 26.8 Å². The molecule has 1 saturated heterocycles. The topological polar surface area (TPSA) is 174 Å². The summed E-state index contributed by atoms with van der Waals surface area (Å²) in [5.74, 6) is -3.44. The maximum atomic E-state index is 16.4. The highest BCUT2D eigenvalue weighted by Crippen LogP contribution is 2.53. The van der Waals surface area contributed by atoms with Gasteiger partial charge in [-0.05, 0) is 51.2 Å². The van der Waals surface area contributed by atoms with Crippen LogP contribution in [0.4, 0.5) is 20.4 Å². The molecule has 5 unspecified atom stereocenters. The number of anilines is 1. The number of hydrogen-bond acceptors (Lipinski definition) is 12. The zero-order valence-electron chi connectivity index (χ0n) is 27.2. The van der Waals surface area contributed by atoms with Gasteiger partial charge in [-0.25, -0.2) is 18.3 Å². The largest absolute Gasteiger partial charge is 0.476 e. The van der Waals surface area contributed by atoms with Crippen molar-refractivity contribution in [1.29, 1.82) is 0 Å². The summed E-state index contributed by atoms with van der Waals surface area (Å²) in [7, 11) is -4.56. The predicted molar refractivity (Wildman–Crippen MR) is 169 cm³/mol. The Labute approximate surface area is 271 Å². The van der Waals surface area contributed by atoms with Gasteiger partial charge in [0.2, 0.25) is 17.7 Å². The fourth-order valence-electron chi connectivity index (χ4n) is 5.20. The number of aromatic nitrogens is 4. The van der Waals surface area contributed by atoms with E-state index in [0.29, 0.717) is 24.1 Å². The second-order valence-electron chi connectivity index (χ2n) is 12.9. The first-order valence-electron chi connectivity index (χ1n) is 15.2. The monoisotopic (exact) mass is 679 g/mol. The highest BCUT2D eigenvalue weighted by Gasteiger charge is 2.57. The van der Waals surface area contributed by atoms with Gasteiger partial charge in [0.25, 0.3) is 0 Å². The molecule has 1 aromatic carbocycles. The van der Waals surface area contributed by atoms with Crippen LogP contribution in [0.2, 0.25) is 0 Å². The Bertz CT molecular complexity index is 1710. The number of rotatable bonds is 12. The summed E-state index contributed by atoms with van der Waals surface area (Å²) in [5, 5.41) is 2.56. The van der Waals surface area contributed by atoms with Crippen LogP contribution in [0.1, 0.15) is 66.2 Å². The molecular formula is C30H40F2N7O7P. The van der Waals surface area contributed by atoms with Crippen LogP contribution in [0.3, 0.4) is 0 Å². The van der Waals surface area contributed by atoms with Gasteiger partial charge in [0.1, 0.15) is 18.4 Å². The minimum Gasteiger partial charge on any atom is -0.476 e. The van der Waals surface area contributed by atoms with Crippen LogP contribution in [0.25, 0.3) is 11.2 Å². The van der Waals surface area contributed by atoms with Crippen molar-refractivity contribution in [2.45, 2.75) is 84.6 Å². The van der Waals surface area contributed by atoms with Crippen LogP contribution in [0.15, 0.2) is 29.5 Å². The molecule has 0 radical (unpaired) electrons. The van der Waals surface area contributed by atoms with Crippen molar-refractivity contribution in [3.8, 4) is 11.6 Å². The number of benzene rings is 1. The average Bonchev–Trinajstić information content (AvgIpc) is 3.51. The Balaban J connectivity index is 1.40. The number of carbonyl (C=O) groups excluding carboxylic acids is 1. The summed E-state index contributed by atoms with van der Waals surface area (Å²) >= 11 is 0. The van der Waals surface area contributed by atoms with Crippen molar-refractivity contribution in [2.24, 2.45) is 10.4 Å². The minimum atomic E-state index is -4.56. The molecule has 17 heteroatoms. The van der Waals surface area contributed by atoms with Crippen molar-refractivity contribution in [1.82, 2.24) is 24.6 Å². The number of nitrogens with zero attached hydrogens (tertiary/aromatic N) is 5. The molecule has 47 heavy (non-hydrogen) atoms. The molecule has 4 heterocycles. The van der Waals surface area contributed by atoms with Crippen LogP contribution >= 0.6 is 7.75 Å². The van der Waals surface area contributed by atoms with Crippen molar-refractivity contribution >= 4 is 42.7 Å². The lowest BCUT2D eigenvalue weighted by Gasteiger charge is -2.27. The second-order valence-corrected chi connectivity index (χ2v) is 14.6. The number of alkyl halides is 2. The summed E-state index contributed by atoms with van der Waals surface area (Å²) in [4.78, 5) is 29.5. The summed E-state index contributed by atoms with van der Waals surface area (Å²) in [6.07, 6.45) is 1.73. The number of nitrogens with two attached hydrogens (primary N) is 1. The first kappa shape index (κ1) is 34.6. The first-order valence-corrected chi connectivity index (χ1v) is 16.8. The van der Waals surface area contributed by atoms with E-state index in [1.165, 1.54) is 17.8 Å². The van der Waals surface area contributed by atoms with Crippen LogP contribution in [-0.2, 0) is 29.8 Å². The second kappa shape index (κ2) is 13.1. The number of fused-ring (bicyclic) bond motifs is 2. The highest BCUT2D eigenvalue weighted by molar-refractivity contribution is 7.52. The third-order valence-electron chi connectivity index (χ3n) is 7.27. The van der Waals surface area contributed by atoms with Gasteiger partial charge in [0, 0.05) is 18.2 Å². The quantitative estimate of drug-likeness (QED) is 0.181. The van der Waals surface area contributed by atoms with Gasteiger partial charge in [0.15, 0.2) is 23.1 Å². The third kappa shape index (κ3) is 7.88. The lowest BCUT2D eigenvalue weighted by molar-refractivity contribution is -0.177. The number of nitrogen functional groups attached to an aromatic ring is 1. The molecule has 5 atom stereocenters. The van der Waals surface area contributed by atoms with Crippen molar-refractivity contribution in [3.63, 3.8) is 0 Å². The van der Waals surface area contributed by atoms with E-state index < -0.39 is 50.5 Å². The van der Waals surface area contributed by atoms with Crippen LogP contribution in [0, 0.1) is 5.41 Å². The molecule has 2 aliphatic heterocycles. The molecule has 3 N–H and O–H groups in total. The van der Waals surface area contributed by atoms with E-state index in [1.807, 2.05) is 20.8 Å². The summed E-state index contributed by atoms with van der Waals surface area (Å²) in [5.41, 5.74) is 4.71. The van der Waals surface area contributed by atoms with E-state index >= 15 is 8.78 Å². The van der Waals surface area contributed by atoms with E-state index in [0.717, 1.165) is 6.92 Å². The van der Waals surface area contributed by atoms with Gasteiger partial charge < -0.3 is 24.5 Å².